The number of halogens is 3. The quantitative estimate of drug-likeness (QED) is 0.437. The number of nitrogens with zero attached hydrogens (tertiary/aromatic N) is 3. The molecular weight excluding hydrogens is 473 g/mol. The highest BCUT2D eigenvalue weighted by Crippen LogP contribution is 2.36. The molecule has 3 aromatic rings. The number of nitrogen functional groups attached to an aromatic ring is 1. The molecule has 1 aromatic heterocycles. The van der Waals surface area contributed by atoms with Gasteiger partial charge in [-0.25, -0.2) is 18.1 Å². The van der Waals surface area contributed by atoms with Crippen LogP contribution in [0.1, 0.15) is 19.4 Å². The predicted molar refractivity (Wildman–Crippen MR) is 118 cm³/mol. The fourth-order valence-electron chi connectivity index (χ4n) is 3.77. The SMILES string of the molecule is CC1(C)C(=O)N(c2ccc(S(=O)(=O)C(F)(F)F)cc2)C(=O)N1Cc1ccnc2ccc(N)cc12. The summed E-state index contributed by atoms with van der Waals surface area (Å²) in [6, 6.07) is 9.57. The van der Waals surface area contributed by atoms with Crippen LogP contribution in [-0.4, -0.2) is 41.3 Å². The molecule has 3 amide bonds. The first-order valence-electron chi connectivity index (χ1n) is 9.96. The lowest BCUT2D eigenvalue weighted by Gasteiger charge is -2.28. The Labute approximate surface area is 192 Å². The molecule has 34 heavy (non-hydrogen) atoms. The Bertz CT molecular complexity index is 1420. The number of fused-ring (bicyclic) bond motifs is 1. The molecule has 2 aromatic carbocycles. The summed E-state index contributed by atoms with van der Waals surface area (Å²) in [7, 11) is -5.56. The monoisotopic (exact) mass is 492 g/mol. The second-order valence-electron chi connectivity index (χ2n) is 8.26. The van der Waals surface area contributed by atoms with E-state index < -0.39 is 37.7 Å². The number of aromatic nitrogens is 1. The average molecular weight is 492 g/mol. The zero-order valence-corrected chi connectivity index (χ0v) is 18.8. The normalized spacial score (nSPS) is 16.5. The number of anilines is 2. The number of benzene rings is 2. The molecule has 1 saturated heterocycles. The number of hydrogen-bond donors (Lipinski definition) is 1. The Balaban J connectivity index is 1.69. The van der Waals surface area contributed by atoms with Crippen LogP contribution in [0.3, 0.4) is 0 Å². The first kappa shape index (κ1) is 23.5. The second kappa shape index (κ2) is 7.69. The van der Waals surface area contributed by atoms with Gasteiger partial charge in [-0.2, -0.15) is 13.2 Å². The van der Waals surface area contributed by atoms with E-state index in [9.17, 15) is 31.2 Å². The van der Waals surface area contributed by atoms with Crippen LogP contribution in [0.25, 0.3) is 10.9 Å². The first-order chi connectivity index (χ1) is 15.7. The molecule has 178 valence electrons. The molecular formula is C22H19F3N4O4S. The summed E-state index contributed by atoms with van der Waals surface area (Å²) in [6.07, 6.45) is 1.57. The van der Waals surface area contributed by atoms with E-state index in [1.807, 2.05) is 0 Å². The van der Waals surface area contributed by atoms with Crippen LogP contribution in [0.5, 0.6) is 0 Å². The molecule has 0 radical (unpaired) electrons. The van der Waals surface area contributed by atoms with E-state index in [0.29, 0.717) is 34.3 Å². The summed E-state index contributed by atoms with van der Waals surface area (Å²) < 4.78 is 61.7. The van der Waals surface area contributed by atoms with Crippen LogP contribution < -0.4 is 10.6 Å². The van der Waals surface area contributed by atoms with Crippen molar-refractivity contribution in [2.24, 2.45) is 0 Å². The van der Waals surface area contributed by atoms with Gasteiger partial charge in [0.2, 0.25) is 0 Å². The lowest BCUT2D eigenvalue weighted by Crippen LogP contribution is -2.43. The molecule has 0 unspecified atom stereocenters. The number of carbonyl (C=O) groups is 2. The van der Waals surface area contributed by atoms with Gasteiger partial charge in [0.05, 0.1) is 16.1 Å². The van der Waals surface area contributed by atoms with Crippen molar-refractivity contribution in [2.45, 2.75) is 36.3 Å². The smallest absolute Gasteiger partial charge is 0.399 e. The largest absolute Gasteiger partial charge is 0.501 e. The van der Waals surface area contributed by atoms with Crippen molar-refractivity contribution < 1.29 is 31.2 Å². The summed E-state index contributed by atoms with van der Waals surface area (Å²) in [5.74, 6) is -0.609. The Hall–Kier alpha value is -3.67. The van der Waals surface area contributed by atoms with Gasteiger partial charge in [-0.05, 0) is 67.9 Å². The predicted octanol–water partition coefficient (Wildman–Crippen LogP) is 3.86. The zero-order valence-electron chi connectivity index (χ0n) is 18.0. The summed E-state index contributed by atoms with van der Waals surface area (Å²) in [6.45, 7) is 3.14. The van der Waals surface area contributed by atoms with Gasteiger partial charge in [0.15, 0.2) is 0 Å². The van der Waals surface area contributed by atoms with Crippen LogP contribution in [0.4, 0.5) is 29.3 Å². The molecule has 0 spiro atoms. The third-order valence-electron chi connectivity index (χ3n) is 5.72. The number of carbonyl (C=O) groups excluding carboxylic acids is 2. The lowest BCUT2D eigenvalue weighted by molar-refractivity contribution is -0.123. The number of urea groups is 1. The molecule has 1 aliphatic heterocycles. The maximum atomic E-state index is 13.3. The second-order valence-corrected chi connectivity index (χ2v) is 10.2. The number of alkyl halides is 3. The minimum atomic E-state index is -5.56. The number of pyridine rings is 1. The Morgan fingerprint density at radius 1 is 1.03 bits per heavy atom. The number of sulfone groups is 1. The molecule has 0 saturated carbocycles. The van der Waals surface area contributed by atoms with E-state index in [4.69, 9.17) is 5.73 Å². The molecule has 1 aliphatic rings. The van der Waals surface area contributed by atoms with Crippen molar-refractivity contribution in [2.75, 3.05) is 10.6 Å². The molecule has 8 nitrogen and oxygen atoms in total. The highest BCUT2D eigenvalue weighted by Gasteiger charge is 2.52. The number of hydrogen-bond acceptors (Lipinski definition) is 6. The third kappa shape index (κ3) is 3.63. The van der Waals surface area contributed by atoms with Gasteiger partial charge in [-0.1, -0.05) is 0 Å². The van der Waals surface area contributed by atoms with Gasteiger partial charge in [-0.3, -0.25) is 9.78 Å². The van der Waals surface area contributed by atoms with Crippen molar-refractivity contribution in [1.29, 1.82) is 0 Å². The molecule has 0 bridgehead atoms. The van der Waals surface area contributed by atoms with Gasteiger partial charge in [0.25, 0.3) is 15.7 Å². The number of imide groups is 1. The molecule has 12 heteroatoms. The van der Waals surface area contributed by atoms with E-state index in [2.05, 4.69) is 4.98 Å². The first-order valence-corrected chi connectivity index (χ1v) is 11.4. The fraction of sp³-hybridized carbons (Fsp3) is 0.227. The van der Waals surface area contributed by atoms with Crippen molar-refractivity contribution in [3.05, 3.63) is 60.3 Å². The summed E-state index contributed by atoms with van der Waals surface area (Å²) in [5, 5.41) is 0.707. The van der Waals surface area contributed by atoms with Gasteiger partial charge in [0.1, 0.15) is 5.54 Å². The maximum Gasteiger partial charge on any atom is 0.501 e. The zero-order chi connectivity index (χ0) is 25.1. The van der Waals surface area contributed by atoms with Gasteiger partial charge < -0.3 is 10.6 Å². The minimum absolute atomic E-state index is 0.0388. The average Bonchev–Trinajstić information content (AvgIpc) is 2.92. The maximum absolute atomic E-state index is 13.3. The third-order valence-corrected chi connectivity index (χ3v) is 7.22. The van der Waals surface area contributed by atoms with Crippen molar-refractivity contribution in [1.82, 2.24) is 9.88 Å². The Morgan fingerprint density at radius 3 is 2.29 bits per heavy atom. The number of nitrogens with two attached hydrogens (primary N) is 1. The molecule has 0 atom stereocenters. The van der Waals surface area contributed by atoms with Crippen LogP contribution in [0.15, 0.2) is 59.6 Å². The molecule has 2 N–H and O–H groups in total. The van der Waals surface area contributed by atoms with Gasteiger partial charge in [0, 0.05) is 23.8 Å². The number of amides is 3. The standard InChI is InChI=1S/C22H19F3N4O4S/c1-21(2)19(30)29(15-4-6-16(7-5-15)34(32,33)22(23,24)25)20(31)28(21)12-13-9-10-27-18-8-3-14(26)11-17(13)18/h3-11H,12,26H2,1-2H3. The van der Waals surface area contributed by atoms with Crippen molar-refractivity contribution in [3.63, 3.8) is 0 Å². The summed E-state index contributed by atoms with van der Waals surface area (Å²) in [5.41, 5.74) is 0.933. The van der Waals surface area contributed by atoms with Crippen LogP contribution in [0, 0.1) is 0 Å². The molecule has 2 heterocycles. The van der Waals surface area contributed by atoms with E-state index in [1.165, 1.54) is 4.90 Å². The highest BCUT2D eigenvalue weighted by atomic mass is 32.2. The Kier molecular flexibility index (Phi) is 5.31. The van der Waals surface area contributed by atoms with E-state index in [0.717, 1.165) is 17.0 Å². The minimum Gasteiger partial charge on any atom is -0.399 e. The molecule has 1 fully saturated rings. The van der Waals surface area contributed by atoms with Crippen molar-refractivity contribution in [3.8, 4) is 0 Å². The van der Waals surface area contributed by atoms with Crippen LogP contribution in [-0.2, 0) is 21.2 Å². The van der Waals surface area contributed by atoms with Gasteiger partial charge in [-0.15, -0.1) is 0 Å². The highest BCUT2D eigenvalue weighted by molar-refractivity contribution is 7.92. The topological polar surface area (TPSA) is 114 Å². The molecule has 0 aliphatic carbocycles. The van der Waals surface area contributed by atoms with Crippen molar-refractivity contribution >= 4 is 44.1 Å². The van der Waals surface area contributed by atoms with E-state index >= 15 is 0 Å². The fourth-order valence-corrected chi connectivity index (χ4v) is 4.53. The van der Waals surface area contributed by atoms with Crippen LogP contribution in [0.2, 0.25) is 0 Å². The summed E-state index contributed by atoms with van der Waals surface area (Å²) >= 11 is 0. The van der Waals surface area contributed by atoms with E-state index in [-0.39, 0.29) is 12.2 Å². The molecule has 4 rings (SSSR count). The van der Waals surface area contributed by atoms with E-state index in [1.54, 1.807) is 44.3 Å². The lowest BCUT2D eigenvalue weighted by atomic mass is 10.0. The Morgan fingerprint density at radius 2 is 1.68 bits per heavy atom. The summed E-state index contributed by atoms with van der Waals surface area (Å²) in [4.78, 5) is 31.8. The van der Waals surface area contributed by atoms with Crippen LogP contribution >= 0.6 is 0 Å². The number of rotatable bonds is 4. The van der Waals surface area contributed by atoms with Gasteiger partial charge >= 0.3 is 11.5 Å².